The third kappa shape index (κ3) is 4.33. The molecule has 0 aromatic heterocycles. The summed E-state index contributed by atoms with van der Waals surface area (Å²) in [5.41, 5.74) is 3.28. The predicted molar refractivity (Wildman–Crippen MR) is 107 cm³/mol. The van der Waals surface area contributed by atoms with Crippen molar-refractivity contribution in [1.82, 2.24) is 0 Å². The van der Waals surface area contributed by atoms with Crippen LogP contribution in [0.3, 0.4) is 0 Å². The van der Waals surface area contributed by atoms with Crippen molar-refractivity contribution in [3.05, 3.63) is 59.2 Å². The zero-order valence-electron chi connectivity index (χ0n) is 15.8. The van der Waals surface area contributed by atoms with Gasteiger partial charge in [0.2, 0.25) is 10.0 Å². The van der Waals surface area contributed by atoms with Crippen LogP contribution >= 0.6 is 0 Å². The molecule has 0 radical (unpaired) electrons. The molecule has 0 atom stereocenters. The number of nitrogens with one attached hydrogen (secondary N) is 1. The van der Waals surface area contributed by atoms with Crippen molar-refractivity contribution in [3.8, 4) is 0 Å². The van der Waals surface area contributed by atoms with Crippen LogP contribution in [-0.2, 0) is 19.6 Å². The Balaban J connectivity index is 1.63. The van der Waals surface area contributed by atoms with Crippen molar-refractivity contribution >= 4 is 33.3 Å². The van der Waals surface area contributed by atoms with Gasteiger partial charge in [-0.25, -0.2) is 13.2 Å². The number of benzene rings is 2. The fourth-order valence-corrected chi connectivity index (χ4v) is 4.56. The lowest BCUT2D eigenvalue weighted by Crippen LogP contribution is -2.25. The summed E-state index contributed by atoms with van der Waals surface area (Å²) in [4.78, 5) is 24.4. The standard InChI is InChI=1S/C20H22N2O5S/c1-14-6-3-9-18(15(14)2)21-19(23)13-27-20(24)16-7-4-8-17(12-16)22-10-5-11-28(22,25)26/h3-4,6-9,12H,5,10-11,13H2,1-2H3,(H,21,23). The van der Waals surface area contributed by atoms with E-state index in [0.29, 0.717) is 24.3 Å². The van der Waals surface area contributed by atoms with Crippen molar-refractivity contribution in [2.75, 3.05) is 28.5 Å². The Morgan fingerprint density at radius 3 is 2.61 bits per heavy atom. The zero-order chi connectivity index (χ0) is 20.3. The van der Waals surface area contributed by atoms with E-state index in [2.05, 4.69) is 5.32 Å². The first-order valence-corrected chi connectivity index (χ1v) is 10.5. The van der Waals surface area contributed by atoms with Crippen LogP contribution < -0.4 is 9.62 Å². The van der Waals surface area contributed by atoms with Crippen molar-refractivity contribution in [2.24, 2.45) is 0 Å². The van der Waals surface area contributed by atoms with Crippen LogP contribution in [0, 0.1) is 13.8 Å². The number of anilines is 2. The second kappa shape index (κ2) is 8.02. The molecule has 1 N–H and O–H groups in total. The monoisotopic (exact) mass is 402 g/mol. The topological polar surface area (TPSA) is 92.8 Å². The number of carbonyl (C=O) groups is 2. The summed E-state index contributed by atoms with van der Waals surface area (Å²) < 4.78 is 30.5. The Morgan fingerprint density at radius 2 is 1.89 bits per heavy atom. The van der Waals surface area contributed by atoms with Gasteiger partial charge in [0.15, 0.2) is 6.61 Å². The highest BCUT2D eigenvalue weighted by molar-refractivity contribution is 7.93. The average Bonchev–Trinajstić information content (AvgIpc) is 3.02. The minimum atomic E-state index is -3.33. The second-order valence-corrected chi connectivity index (χ2v) is 8.68. The third-order valence-corrected chi connectivity index (χ3v) is 6.55. The molecular formula is C20H22N2O5S. The van der Waals surface area contributed by atoms with Gasteiger partial charge < -0.3 is 10.1 Å². The summed E-state index contributed by atoms with van der Waals surface area (Å²) in [7, 11) is -3.33. The SMILES string of the molecule is Cc1cccc(NC(=O)COC(=O)c2cccc(N3CCCS3(=O)=O)c2)c1C. The van der Waals surface area contributed by atoms with Crippen LogP contribution in [-0.4, -0.2) is 39.2 Å². The summed E-state index contributed by atoms with van der Waals surface area (Å²) in [6.45, 7) is 3.80. The molecule has 8 heteroatoms. The summed E-state index contributed by atoms with van der Waals surface area (Å²) in [5, 5.41) is 2.72. The number of hydrogen-bond donors (Lipinski definition) is 1. The van der Waals surface area contributed by atoms with Gasteiger partial charge in [-0.15, -0.1) is 0 Å². The van der Waals surface area contributed by atoms with Crippen molar-refractivity contribution in [2.45, 2.75) is 20.3 Å². The van der Waals surface area contributed by atoms with E-state index < -0.39 is 28.5 Å². The fourth-order valence-electron chi connectivity index (χ4n) is 3.00. The van der Waals surface area contributed by atoms with Crippen LogP contribution in [0.1, 0.15) is 27.9 Å². The molecule has 148 valence electrons. The quantitative estimate of drug-likeness (QED) is 0.776. The first-order chi connectivity index (χ1) is 13.3. The molecule has 7 nitrogen and oxygen atoms in total. The summed E-state index contributed by atoms with van der Waals surface area (Å²) in [5.74, 6) is -1.03. The molecule has 1 saturated heterocycles. The summed E-state index contributed by atoms with van der Waals surface area (Å²) in [6.07, 6.45) is 0.551. The lowest BCUT2D eigenvalue weighted by atomic mass is 10.1. The van der Waals surface area contributed by atoms with E-state index in [4.69, 9.17) is 4.74 Å². The molecule has 2 aromatic carbocycles. The lowest BCUT2D eigenvalue weighted by Gasteiger charge is -2.17. The fraction of sp³-hybridized carbons (Fsp3) is 0.300. The molecule has 1 aliphatic heterocycles. The summed E-state index contributed by atoms with van der Waals surface area (Å²) >= 11 is 0. The van der Waals surface area contributed by atoms with Gasteiger partial charge in [-0.2, -0.15) is 0 Å². The smallest absolute Gasteiger partial charge is 0.338 e. The number of nitrogens with zero attached hydrogens (tertiary/aromatic N) is 1. The molecule has 0 saturated carbocycles. The van der Waals surface area contributed by atoms with Crippen LogP contribution in [0.4, 0.5) is 11.4 Å². The van der Waals surface area contributed by atoms with Crippen molar-refractivity contribution < 1.29 is 22.7 Å². The number of amides is 1. The first kappa shape index (κ1) is 19.9. The molecule has 28 heavy (non-hydrogen) atoms. The van der Waals surface area contributed by atoms with Gasteiger partial charge in [0.1, 0.15) is 0 Å². The Bertz CT molecular complexity index is 1020. The van der Waals surface area contributed by atoms with E-state index >= 15 is 0 Å². The molecule has 1 aliphatic rings. The Hall–Kier alpha value is -2.87. The van der Waals surface area contributed by atoms with E-state index in [0.717, 1.165) is 11.1 Å². The highest BCUT2D eigenvalue weighted by Gasteiger charge is 2.28. The van der Waals surface area contributed by atoms with Gasteiger partial charge in [0.05, 0.1) is 17.0 Å². The normalized spacial score (nSPS) is 15.3. The number of sulfonamides is 1. The van der Waals surface area contributed by atoms with E-state index in [1.54, 1.807) is 18.2 Å². The maximum atomic E-state index is 12.3. The molecular weight excluding hydrogens is 380 g/mol. The Morgan fingerprint density at radius 1 is 1.14 bits per heavy atom. The van der Waals surface area contributed by atoms with Gasteiger partial charge in [-0.1, -0.05) is 18.2 Å². The maximum absolute atomic E-state index is 12.3. The van der Waals surface area contributed by atoms with Crippen LogP contribution in [0.2, 0.25) is 0 Å². The van der Waals surface area contributed by atoms with E-state index in [1.807, 2.05) is 26.0 Å². The van der Waals surface area contributed by atoms with Crippen molar-refractivity contribution in [1.29, 1.82) is 0 Å². The minimum Gasteiger partial charge on any atom is -0.452 e. The summed E-state index contributed by atoms with van der Waals surface area (Å²) in [6, 6.07) is 11.8. The number of rotatable bonds is 5. The predicted octanol–water partition coefficient (Wildman–Crippen LogP) is 2.64. The average molecular weight is 402 g/mol. The number of carbonyl (C=O) groups excluding carboxylic acids is 2. The van der Waals surface area contributed by atoms with E-state index in [1.165, 1.54) is 16.4 Å². The second-order valence-electron chi connectivity index (χ2n) is 6.66. The van der Waals surface area contributed by atoms with E-state index in [-0.39, 0.29) is 11.3 Å². The number of hydrogen-bond acceptors (Lipinski definition) is 5. The van der Waals surface area contributed by atoms with E-state index in [9.17, 15) is 18.0 Å². The highest BCUT2D eigenvalue weighted by Crippen LogP contribution is 2.25. The van der Waals surface area contributed by atoms with Crippen LogP contribution in [0.15, 0.2) is 42.5 Å². The molecule has 0 bridgehead atoms. The minimum absolute atomic E-state index is 0.0974. The Kier molecular flexibility index (Phi) is 5.69. The number of esters is 1. The lowest BCUT2D eigenvalue weighted by molar-refractivity contribution is -0.119. The van der Waals surface area contributed by atoms with Gasteiger partial charge in [0, 0.05) is 12.2 Å². The molecule has 1 amide bonds. The Labute approximate surface area is 164 Å². The van der Waals surface area contributed by atoms with Gasteiger partial charge in [0.25, 0.3) is 5.91 Å². The van der Waals surface area contributed by atoms with Gasteiger partial charge in [-0.05, 0) is 55.7 Å². The molecule has 0 aliphatic carbocycles. The van der Waals surface area contributed by atoms with Gasteiger partial charge in [-0.3, -0.25) is 9.10 Å². The largest absolute Gasteiger partial charge is 0.452 e. The molecule has 0 unspecified atom stereocenters. The number of aryl methyl sites for hydroxylation is 1. The van der Waals surface area contributed by atoms with Crippen LogP contribution in [0.5, 0.6) is 0 Å². The van der Waals surface area contributed by atoms with Crippen molar-refractivity contribution in [3.63, 3.8) is 0 Å². The third-order valence-electron chi connectivity index (χ3n) is 4.68. The molecule has 1 heterocycles. The molecule has 2 aromatic rings. The first-order valence-electron chi connectivity index (χ1n) is 8.91. The maximum Gasteiger partial charge on any atom is 0.338 e. The zero-order valence-corrected chi connectivity index (χ0v) is 16.6. The van der Waals surface area contributed by atoms with Gasteiger partial charge >= 0.3 is 5.97 Å². The van der Waals surface area contributed by atoms with Crippen LogP contribution in [0.25, 0.3) is 0 Å². The molecule has 0 spiro atoms. The highest BCUT2D eigenvalue weighted by atomic mass is 32.2. The molecule has 1 fully saturated rings. The molecule has 3 rings (SSSR count). The number of ether oxygens (including phenoxy) is 1.